The molecule has 2 nitrogen and oxygen atoms in total. The average molecular weight is 175 g/mol. The second-order valence-electron chi connectivity index (χ2n) is 3.22. The number of aliphatic hydroxyl groups excluding tert-OH is 1. The van der Waals surface area contributed by atoms with Crippen LogP contribution < -0.4 is 5.73 Å². The number of hydrogen-bond donors (Lipinski definition) is 2. The van der Waals surface area contributed by atoms with E-state index in [2.05, 4.69) is 6.26 Å². The Kier molecular flexibility index (Phi) is 3.22. The monoisotopic (exact) mass is 175 g/mol. The topological polar surface area (TPSA) is 46.2 Å². The Morgan fingerprint density at radius 1 is 1.64 bits per heavy atom. The van der Waals surface area contributed by atoms with E-state index in [9.17, 15) is 5.11 Å². The standard InChI is InChI=1S/C8H17NOS/c1-11-8(4-2-5-8)7(10)3-6-9/h7,10H,2-6,9H2,1H3. The van der Waals surface area contributed by atoms with Gasteiger partial charge in [-0.1, -0.05) is 6.42 Å². The van der Waals surface area contributed by atoms with Crippen LogP contribution in [0.25, 0.3) is 0 Å². The third kappa shape index (κ3) is 1.71. The van der Waals surface area contributed by atoms with Crippen LogP contribution in [0.1, 0.15) is 25.7 Å². The highest BCUT2D eigenvalue weighted by Gasteiger charge is 2.42. The lowest BCUT2D eigenvalue weighted by atomic mass is 9.79. The zero-order chi connectivity index (χ0) is 8.32. The molecule has 0 aromatic rings. The summed E-state index contributed by atoms with van der Waals surface area (Å²) in [6.07, 6.45) is 6.24. The van der Waals surface area contributed by atoms with E-state index < -0.39 is 0 Å². The van der Waals surface area contributed by atoms with Gasteiger partial charge in [0.1, 0.15) is 0 Å². The maximum Gasteiger partial charge on any atom is 0.0698 e. The van der Waals surface area contributed by atoms with Gasteiger partial charge in [-0.3, -0.25) is 0 Å². The minimum Gasteiger partial charge on any atom is -0.392 e. The maximum atomic E-state index is 9.72. The van der Waals surface area contributed by atoms with Crippen molar-refractivity contribution < 1.29 is 5.11 Å². The van der Waals surface area contributed by atoms with Gasteiger partial charge in [-0.2, -0.15) is 11.8 Å². The Hall–Kier alpha value is 0.270. The van der Waals surface area contributed by atoms with Gasteiger partial charge in [-0.05, 0) is 32.1 Å². The van der Waals surface area contributed by atoms with Crippen LogP contribution in [0.3, 0.4) is 0 Å². The molecular formula is C8H17NOS. The van der Waals surface area contributed by atoms with Gasteiger partial charge in [-0.15, -0.1) is 0 Å². The first kappa shape index (κ1) is 9.36. The molecule has 0 spiro atoms. The normalized spacial score (nSPS) is 24.3. The summed E-state index contributed by atoms with van der Waals surface area (Å²) in [6.45, 7) is 0.601. The molecule has 0 heterocycles. The van der Waals surface area contributed by atoms with Gasteiger partial charge in [-0.25, -0.2) is 0 Å². The van der Waals surface area contributed by atoms with Crippen molar-refractivity contribution in [2.75, 3.05) is 12.8 Å². The number of aliphatic hydroxyl groups is 1. The average Bonchev–Trinajstić information content (AvgIpc) is 1.87. The predicted molar refractivity (Wildman–Crippen MR) is 49.8 cm³/mol. The van der Waals surface area contributed by atoms with E-state index in [0.717, 1.165) is 19.3 Å². The van der Waals surface area contributed by atoms with Crippen LogP contribution in [0.5, 0.6) is 0 Å². The Morgan fingerprint density at radius 3 is 2.55 bits per heavy atom. The number of nitrogens with two attached hydrogens (primary N) is 1. The van der Waals surface area contributed by atoms with E-state index in [1.54, 1.807) is 11.8 Å². The molecule has 1 saturated carbocycles. The molecule has 3 heteroatoms. The Labute approximate surface area is 72.5 Å². The van der Waals surface area contributed by atoms with Crippen LogP contribution >= 0.6 is 11.8 Å². The largest absolute Gasteiger partial charge is 0.392 e. The molecule has 66 valence electrons. The highest BCUT2D eigenvalue weighted by Crippen LogP contribution is 2.46. The Bertz CT molecular complexity index is 120. The summed E-state index contributed by atoms with van der Waals surface area (Å²) in [6, 6.07) is 0. The van der Waals surface area contributed by atoms with Crippen molar-refractivity contribution >= 4 is 11.8 Å². The molecule has 1 rings (SSSR count). The van der Waals surface area contributed by atoms with Crippen molar-refractivity contribution in [2.24, 2.45) is 5.73 Å². The van der Waals surface area contributed by atoms with E-state index in [0.29, 0.717) is 6.54 Å². The summed E-state index contributed by atoms with van der Waals surface area (Å²) in [5.41, 5.74) is 5.39. The molecule has 0 radical (unpaired) electrons. The van der Waals surface area contributed by atoms with Crippen LogP contribution in [0.15, 0.2) is 0 Å². The van der Waals surface area contributed by atoms with Gasteiger partial charge >= 0.3 is 0 Å². The second-order valence-corrected chi connectivity index (χ2v) is 4.44. The Balaban J connectivity index is 2.40. The fourth-order valence-electron chi connectivity index (χ4n) is 1.62. The summed E-state index contributed by atoms with van der Waals surface area (Å²) in [7, 11) is 0. The molecule has 1 aliphatic rings. The van der Waals surface area contributed by atoms with E-state index in [1.807, 2.05) is 0 Å². The van der Waals surface area contributed by atoms with Crippen molar-refractivity contribution in [1.29, 1.82) is 0 Å². The first-order valence-electron chi connectivity index (χ1n) is 4.18. The quantitative estimate of drug-likeness (QED) is 0.669. The molecule has 0 aromatic heterocycles. The van der Waals surface area contributed by atoms with E-state index in [4.69, 9.17) is 5.73 Å². The highest BCUT2D eigenvalue weighted by molar-refractivity contribution is 8.00. The lowest BCUT2D eigenvalue weighted by Gasteiger charge is -2.44. The molecule has 1 atom stereocenters. The zero-order valence-corrected chi connectivity index (χ0v) is 7.86. The van der Waals surface area contributed by atoms with Gasteiger partial charge in [0.25, 0.3) is 0 Å². The lowest BCUT2D eigenvalue weighted by molar-refractivity contribution is 0.0821. The molecule has 0 aromatic carbocycles. The molecule has 11 heavy (non-hydrogen) atoms. The fraction of sp³-hybridized carbons (Fsp3) is 1.00. The first-order chi connectivity index (χ1) is 5.25. The van der Waals surface area contributed by atoms with Crippen LogP contribution in [-0.2, 0) is 0 Å². The number of thioether (sulfide) groups is 1. The predicted octanol–water partition coefficient (Wildman–Crippen LogP) is 0.982. The zero-order valence-electron chi connectivity index (χ0n) is 7.05. The molecule has 0 saturated heterocycles. The fourth-order valence-corrected chi connectivity index (χ4v) is 2.71. The highest BCUT2D eigenvalue weighted by atomic mass is 32.2. The number of hydrogen-bond acceptors (Lipinski definition) is 3. The summed E-state index contributed by atoms with van der Waals surface area (Å²) in [5.74, 6) is 0. The van der Waals surface area contributed by atoms with Crippen LogP contribution in [0.2, 0.25) is 0 Å². The van der Waals surface area contributed by atoms with Crippen molar-refractivity contribution in [3.05, 3.63) is 0 Å². The lowest BCUT2D eigenvalue weighted by Crippen LogP contribution is -2.45. The van der Waals surface area contributed by atoms with Crippen LogP contribution in [0.4, 0.5) is 0 Å². The molecule has 1 unspecified atom stereocenters. The van der Waals surface area contributed by atoms with Crippen molar-refractivity contribution in [3.63, 3.8) is 0 Å². The van der Waals surface area contributed by atoms with Gasteiger partial charge in [0.05, 0.1) is 6.10 Å². The molecule has 0 aliphatic heterocycles. The summed E-state index contributed by atoms with van der Waals surface area (Å²) < 4.78 is 0.166. The Morgan fingerprint density at radius 2 is 2.27 bits per heavy atom. The summed E-state index contributed by atoms with van der Waals surface area (Å²) in [4.78, 5) is 0. The minimum absolute atomic E-state index is 0.166. The van der Waals surface area contributed by atoms with Gasteiger partial charge in [0.15, 0.2) is 0 Å². The maximum absolute atomic E-state index is 9.72. The van der Waals surface area contributed by atoms with Crippen molar-refractivity contribution in [1.82, 2.24) is 0 Å². The molecule has 3 N–H and O–H groups in total. The van der Waals surface area contributed by atoms with Gasteiger partial charge in [0.2, 0.25) is 0 Å². The van der Waals surface area contributed by atoms with E-state index >= 15 is 0 Å². The van der Waals surface area contributed by atoms with E-state index in [1.165, 1.54) is 6.42 Å². The van der Waals surface area contributed by atoms with Gasteiger partial charge in [0, 0.05) is 4.75 Å². The molecular weight excluding hydrogens is 158 g/mol. The SMILES string of the molecule is CSC1(C(O)CCN)CCC1. The number of rotatable bonds is 4. The molecule has 0 amide bonds. The van der Waals surface area contributed by atoms with E-state index in [-0.39, 0.29) is 10.9 Å². The smallest absolute Gasteiger partial charge is 0.0698 e. The third-order valence-electron chi connectivity index (χ3n) is 2.65. The molecule has 1 fully saturated rings. The second kappa shape index (κ2) is 3.78. The third-order valence-corrected chi connectivity index (χ3v) is 4.15. The summed E-state index contributed by atoms with van der Waals surface area (Å²) in [5, 5.41) is 9.72. The van der Waals surface area contributed by atoms with Crippen molar-refractivity contribution in [3.8, 4) is 0 Å². The van der Waals surface area contributed by atoms with Crippen molar-refractivity contribution in [2.45, 2.75) is 36.5 Å². The molecule has 0 bridgehead atoms. The van der Waals surface area contributed by atoms with Gasteiger partial charge < -0.3 is 10.8 Å². The molecule has 1 aliphatic carbocycles. The summed E-state index contributed by atoms with van der Waals surface area (Å²) >= 11 is 1.80. The minimum atomic E-state index is -0.184. The van der Waals surface area contributed by atoms with Crippen LogP contribution in [0, 0.1) is 0 Å². The van der Waals surface area contributed by atoms with Crippen LogP contribution in [-0.4, -0.2) is 28.8 Å². The first-order valence-corrected chi connectivity index (χ1v) is 5.41.